The summed E-state index contributed by atoms with van der Waals surface area (Å²) in [4.78, 5) is 21.7. The van der Waals surface area contributed by atoms with E-state index in [4.69, 9.17) is 4.98 Å². The van der Waals surface area contributed by atoms with Gasteiger partial charge in [-0.15, -0.1) is 0 Å². The van der Waals surface area contributed by atoms with Crippen LogP contribution in [0.3, 0.4) is 0 Å². The average Bonchev–Trinajstić information content (AvgIpc) is 3.47. The molecule has 0 radical (unpaired) electrons. The first kappa shape index (κ1) is 18.8. The fourth-order valence-electron chi connectivity index (χ4n) is 4.68. The molecule has 0 amide bonds. The second-order valence-corrected chi connectivity index (χ2v) is 9.28. The Bertz CT molecular complexity index is 1760. The topological polar surface area (TPSA) is 70.2 Å². The van der Waals surface area contributed by atoms with Crippen LogP contribution < -0.4 is 0 Å². The smallest absolute Gasteiger partial charge is 0.141 e. The molecule has 5 nitrogen and oxygen atoms in total. The van der Waals surface area contributed by atoms with Gasteiger partial charge >= 0.3 is 0 Å². The number of rotatable bonds is 2. The number of halogens is 1. The van der Waals surface area contributed by atoms with E-state index in [9.17, 15) is 0 Å². The van der Waals surface area contributed by atoms with Gasteiger partial charge in [-0.3, -0.25) is 9.97 Å². The minimum atomic E-state index is 0.831. The van der Waals surface area contributed by atoms with Crippen LogP contribution >= 0.6 is 22.6 Å². The van der Waals surface area contributed by atoms with Crippen LogP contribution in [0.25, 0.3) is 66.4 Å². The number of nitrogens with one attached hydrogen (secondary N) is 2. The Labute approximate surface area is 202 Å². The average molecular weight is 537 g/mol. The first-order chi connectivity index (χ1) is 16.3. The normalized spacial score (nSPS) is 11.8. The number of imidazole rings is 1. The molecule has 0 bridgehead atoms. The Morgan fingerprint density at radius 3 is 2.15 bits per heavy atom. The highest BCUT2D eigenvalue weighted by molar-refractivity contribution is 14.1. The second-order valence-electron chi connectivity index (χ2n) is 8.04. The zero-order valence-corrected chi connectivity index (χ0v) is 19.5. The van der Waals surface area contributed by atoms with Crippen molar-refractivity contribution in [1.82, 2.24) is 24.9 Å². The molecule has 33 heavy (non-hydrogen) atoms. The fourth-order valence-corrected chi connectivity index (χ4v) is 5.04. The van der Waals surface area contributed by atoms with Crippen molar-refractivity contribution in [3.63, 3.8) is 0 Å². The van der Waals surface area contributed by atoms with E-state index in [2.05, 4.69) is 103 Å². The van der Waals surface area contributed by atoms with Crippen molar-refractivity contribution in [1.29, 1.82) is 0 Å². The molecule has 0 spiro atoms. The molecular formula is C27H16IN5. The summed E-state index contributed by atoms with van der Waals surface area (Å²) in [5, 5.41) is 3.15. The van der Waals surface area contributed by atoms with Crippen molar-refractivity contribution >= 4 is 66.3 Å². The molecule has 2 N–H and O–H groups in total. The molecule has 0 aliphatic heterocycles. The molecule has 0 unspecified atom stereocenters. The highest BCUT2D eigenvalue weighted by atomic mass is 127. The second kappa shape index (κ2) is 7.11. The van der Waals surface area contributed by atoms with Gasteiger partial charge in [0.25, 0.3) is 0 Å². The van der Waals surface area contributed by atoms with E-state index >= 15 is 0 Å². The van der Waals surface area contributed by atoms with Crippen molar-refractivity contribution < 1.29 is 0 Å². The van der Waals surface area contributed by atoms with E-state index < -0.39 is 0 Å². The molecule has 0 atom stereocenters. The predicted octanol–water partition coefficient (Wildman–Crippen LogP) is 7.08. The number of hydrogen-bond acceptors (Lipinski definition) is 3. The molecule has 7 rings (SSSR count). The number of nitrogens with zero attached hydrogens (tertiary/aromatic N) is 3. The SMILES string of the molecule is Ic1ccc(-c2[nH]c3ccccc3c2-c2nc3c4cccnc4c4ncccc4c3[nH]2)cc1. The molecule has 4 heterocycles. The summed E-state index contributed by atoms with van der Waals surface area (Å²) >= 11 is 2.34. The van der Waals surface area contributed by atoms with Crippen molar-refractivity contribution in [2.24, 2.45) is 0 Å². The number of benzene rings is 3. The van der Waals surface area contributed by atoms with Gasteiger partial charge in [-0.1, -0.05) is 30.3 Å². The molecule has 0 aliphatic rings. The lowest BCUT2D eigenvalue weighted by Gasteiger charge is -2.03. The quantitative estimate of drug-likeness (QED) is 0.183. The highest BCUT2D eigenvalue weighted by Crippen LogP contribution is 2.40. The third-order valence-electron chi connectivity index (χ3n) is 6.14. The minimum absolute atomic E-state index is 0.831. The van der Waals surface area contributed by atoms with Crippen LogP contribution in [-0.4, -0.2) is 24.9 Å². The van der Waals surface area contributed by atoms with Crippen LogP contribution in [0, 0.1) is 3.57 Å². The zero-order chi connectivity index (χ0) is 21.9. The summed E-state index contributed by atoms with van der Waals surface area (Å²) in [6, 6.07) is 25.0. The third-order valence-corrected chi connectivity index (χ3v) is 6.86. The van der Waals surface area contributed by atoms with Crippen LogP contribution in [0.1, 0.15) is 0 Å². The van der Waals surface area contributed by atoms with Crippen molar-refractivity contribution in [2.75, 3.05) is 0 Å². The zero-order valence-electron chi connectivity index (χ0n) is 17.3. The van der Waals surface area contributed by atoms with Gasteiger partial charge in [0.05, 0.1) is 33.3 Å². The van der Waals surface area contributed by atoms with Gasteiger partial charge < -0.3 is 9.97 Å². The van der Waals surface area contributed by atoms with E-state index in [1.807, 2.05) is 24.5 Å². The van der Waals surface area contributed by atoms with E-state index in [1.54, 1.807) is 0 Å². The largest absolute Gasteiger partial charge is 0.354 e. The summed E-state index contributed by atoms with van der Waals surface area (Å²) in [5.41, 5.74) is 7.97. The molecule has 0 fully saturated rings. The van der Waals surface area contributed by atoms with Crippen molar-refractivity contribution in [3.05, 3.63) is 88.8 Å². The van der Waals surface area contributed by atoms with Gasteiger partial charge in [0.1, 0.15) is 5.82 Å². The summed E-state index contributed by atoms with van der Waals surface area (Å²) in [6.45, 7) is 0. The molecule has 156 valence electrons. The number of fused-ring (bicyclic) bond motifs is 7. The molecule has 0 saturated heterocycles. The van der Waals surface area contributed by atoms with Crippen LogP contribution in [0.4, 0.5) is 0 Å². The summed E-state index contributed by atoms with van der Waals surface area (Å²) in [7, 11) is 0. The monoisotopic (exact) mass is 537 g/mol. The Hall–Kier alpha value is -3.78. The lowest BCUT2D eigenvalue weighted by molar-refractivity contribution is 1.34. The lowest BCUT2D eigenvalue weighted by Crippen LogP contribution is -1.86. The molecule has 0 aliphatic carbocycles. The Morgan fingerprint density at radius 2 is 1.33 bits per heavy atom. The summed E-state index contributed by atoms with van der Waals surface area (Å²) in [5.74, 6) is 0.831. The van der Waals surface area contributed by atoms with Crippen molar-refractivity contribution in [2.45, 2.75) is 0 Å². The van der Waals surface area contributed by atoms with E-state index in [1.165, 1.54) is 3.57 Å². The fraction of sp³-hybridized carbons (Fsp3) is 0. The Morgan fingerprint density at radius 1 is 0.636 bits per heavy atom. The van der Waals surface area contributed by atoms with Gasteiger partial charge in [-0.25, -0.2) is 4.98 Å². The molecule has 7 aromatic rings. The number of aromatic nitrogens is 5. The van der Waals surface area contributed by atoms with Crippen LogP contribution in [-0.2, 0) is 0 Å². The number of pyridine rings is 2. The lowest BCUT2D eigenvalue weighted by atomic mass is 10.0. The van der Waals surface area contributed by atoms with Crippen molar-refractivity contribution in [3.8, 4) is 22.6 Å². The van der Waals surface area contributed by atoms with E-state index in [0.29, 0.717) is 0 Å². The van der Waals surface area contributed by atoms with Gasteiger partial charge in [0.2, 0.25) is 0 Å². The molecule has 3 aromatic carbocycles. The van der Waals surface area contributed by atoms with Gasteiger partial charge in [0, 0.05) is 37.6 Å². The summed E-state index contributed by atoms with van der Waals surface area (Å²) < 4.78 is 1.20. The molecule has 6 heteroatoms. The standard InChI is InChI=1S/C27H16IN5/c28-16-11-9-15(10-12-16)22-21(17-5-1-2-8-20(17)31-22)27-32-25-18-6-3-13-29-23(18)24-19(26(25)33-27)7-4-14-30-24/h1-14,31H,(H,32,33). The molecule has 0 saturated carbocycles. The number of para-hydroxylation sites is 1. The van der Waals surface area contributed by atoms with Crippen LogP contribution in [0.15, 0.2) is 85.2 Å². The van der Waals surface area contributed by atoms with Gasteiger partial charge in [0.15, 0.2) is 0 Å². The Balaban J connectivity index is 1.61. The number of hydrogen-bond donors (Lipinski definition) is 2. The molecule has 4 aromatic heterocycles. The molecular weight excluding hydrogens is 521 g/mol. The first-order valence-electron chi connectivity index (χ1n) is 10.7. The predicted molar refractivity (Wildman–Crippen MR) is 142 cm³/mol. The maximum atomic E-state index is 5.14. The van der Waals surface area contributed by atoms with Gasteiger partial charge in [-0.05, 0) is 70.6 Å². The van der Waals surface area contributed by atoms with E-state index in [-0.39, 0.29) is 0 Å². The maximum Gasteiger partial charge on any atom is 0.141 e. The van der Waals surface area contributed by atoms with Gasteiger partial charge in [-0.2, -0.15) is 0 Å². The number of aromatic amines is 2. The third kappa shape index (κ3) is 2.80. The van der Waals surface area contributed by atoms with Crippen LogP contribution in [0.2, 0.25) is 0 Å². The minimum Gasteiger partial charge on any atom is -0.354 e. The number of H-pyrrole nitrogens is 2. The summed E-state index contributed by atoms with van der Waals surface area (Å²) in [6.07, 6.45) is 3.62. The van der Waals surface area contributed by atoms with E-state index in [0.717, 1.165) is 66.4 Å². The highest BCUT2D eigenvalue weighted by Gasteiger charge is 2.20. The maximum absolute atomic E-state index is 5.14. The Kier molecular flexibility index (Phi) is 4.04. The van der Waals surface area contributed by atoms with Crippen LogP contribution in [0.5, 0.6) is 0 Å². The first-order valence-corrected chi connectivity index (χ1v) is 11.7.